The molecule has 11 rings (SSSR count). The van der Waals surface area contributed by atoms with Crippen molar-refractivity contribution < 1.29 is 52.1 Å². The van der Waals surface area contributed by atoms with Gasteiger partial charge < -0.3 is 56.6 Å². The van der Waals surface area contributed by atoms with E-state index in [1.54, 1.807) is 31.0 Å². The summed E-state index contributed by atoms with van der Waals surface area (Å²) in [6, 6.07) is 21.6. The number of Topliss-reactive ketones (excluding diaryl/α,β-unsaturated/α-hetero) is 1. The Morgan fingerprint density at radius 2 is 1.64 bits per heavy atom. The molecule has 21 nitrogen and oxygen atoms in total. The van der Waals surface area contributed by atoms with Crippen LogP contribution in [0.15, 0.2) is 93.7 Å². The summed E-state index contributed by atoms with van der Waals surface area (Å²) in [5, 5.41) is 48.9. The third-order valence-corrected chi connectivity index (χ3v) is 19.1. The molecule has 0 atom stereocenters. The quantitative estimate of drug-likeness (QED) is 0.0292. The van der Waals surface area contributed by atoms with Crippen LogP contribution in [0.4, 0.5) is 24.7 Å². The number of methoxy groups -OCH3 is 1. The van der Waals surface area contributed by atoms with Gasteiger partial charge in [0, 0.05) is 65.4 Å². The van der Waals surface area contributed by atoms with Gasteiger partial charge in [0.05, 0.1) is 46.8 Å². The predicted molar refractivity (Wildman–Crippen MR) is 369 cm³/mol. The smallest absolute Gasteiger partial charge is 0.435 e. The topological polar surface area (TPSA) is 300 Å². The van der Waals surface area contributed by atoms with Crippen LogP contribution in [0.5, 0.6) is 17.2 Å². The fraction of sp³-hybridized carbons (Fsp3) is 0.449. The number of nitrogen functional groups attached to an aromatic ring is 1. The second-order valence-electron chi connectivity index (χ2n) is 26.6. The minimum absolute atomic E-state index is 0.00965. The van der Waals surface area contributed by atoms with Crippen molar-refractivity contribution in [1.82, 2.24) is 50.0 Å². The number of nitrogens with two attached hydrogens (primary N) is 2. The van der Waals surface area contributed by atoms with Gasteiger partial charge in [-0.05, 0) is 163 Å². The van der Waals surface area contributed by atoms with Gasteiger partial charge in [-0.2, -0.15) is 18.3 Å². The number of anilines is 2. The van der Waals surface area contributed by atoms with Gasteiger partial charge in [0.15, 0.2) is 45.1 Å². The van der Waals surface area contributed by atoms with Crippen LogP contribution >= 0.6 is 34.4 Å². The first kappa shape index (κ1) is 71.5. The number of likely N-dealkylation sites (tertiary alicyclic amines) is 1. The zero-order valence-electron chi connectivity index (χ0n) is 55.1. The number of hydrogen-bond acceptors (Lipinski definition) is 18. The van der Waals surface area contributed by atoms with Gasteiger partial charge in [-0.3, -0.25) is 19.3 Å². The van der Waals surface area contributed by atoms with Crippen LogP contribution in [0, 0.1) is 14.4 Å². The number of benzene rings is 4. The predicted octanol–water partition coefficient (Wildman–Crippen LogP) is 12.9. The number of ether oxygens (including phenoxy) is 1. The summed E-state index contributed by atoms with van der Waals surface area (Å²) in [5.41, 5.74) is 16.0. The summed E-state index contributed by atoms with van der Waals surface area (Å²) in [6.07, 6.45) is 2.99. The Morgan fingerprint density at radius 1 is 0.926 bits per heavy atom. The Labute approximate surface area is 568 Å². The fourth-order valence-corrected chi connectivity index (χ4v) is 13.6. The number of ketones is 1. The SMILES string of the molecule is CC1(C)CC(=O)c2c(C(F)(F)F)nn(-c3ccc(C(N)=O)c(NC4CCC(O)CC4)c3)c2C1.CCNC(=O)c1noc(-c2cc(C(C)C)c(O)cc2O)c1-c1ccc(CN2CCCCC2)cc1.COc1ccc(I)c(Sc2nc3c(N)ncnc3n2CCNCC(C)(C)C)c1. The zero-order chi connectivity index (χ0) is 68.7. The lowest BCUT2D eigenvalue weighted by molar-refractivity contribution is -0.141. The summed E-state index contributed by atoms with van der Waals surface area (Å²) in [6.45, 7) is 22.2. The number of imidazole rings is 1. The van der Waals surface area contributed by atoms with Gasteiger partial charge >= 0.3 is 6.18 Å². The number of amides is 2. The highest BCUT2D eigenvalue weighted by Crippen LogP contribution is 2.45. The first-order valence-corrected chi connectivity index (χ1v) is 33.9. The number of nitrogens with zero attached hydrogens (tertiary/aromatic N) is 8. The van der Waals surface area contributed by atoms with Crippen LogP contribution < -0.4 is 32.2 Å². The molecule has 2 fully saturated rings. The Bertz CT molecular complexity index is 4040. The van der Waals surface area contributed by atoms with E-state index in [9.17, 15) is 42.9 Å². The van der Waals surface area contributed by atoms with Crippen LogP contribution in [0.2, 0.25) is 0 Å². The van der Waals surface area contributed by atoms with Crippen molar-refractivity contribution in [2.45, 2.75) is 161 Å². The molecule has 1 saturated carbocycles. The molecule has 0 unspecified atom stereocenters. The average Bonchev–Trinajstić information content (AvgIpc) is 1.63. The molecule has 4 aromatic heterocycles. The largest absolute Gasteiger partial charge is 0.508 e. The van der Waals surface area contributed by atoms with Gasteiger partial charge in [0.25, 0.3) is 11.8 Å². The molecule has 95 heavy (non-hydrogen) atoms. The monoisotopic (exact) mass is 1440 g/mol. The lowest BCUT2D eigenvalue weighted by Crippen LogP contribution is -2.29. The second kappa shape index (κ2) is 30.5. The molecular formula is C69H85F3IN13O8S. The number of alkyl halides is 3. The lowest BCUT2D eigenvalue weighted by Gasteiger charge is -2.29. The van der Waals surface area contributed by atoms with E-state index in [4.69, 9.17) is 25.7 Å². The third kappa shape index (κ3) is 17.6. The maximum absolute atomic E-state index is 13.7. The maximum atomic E-state index is 13.7. The molecule has 3 aliphatic rings. The van der Waals surface area contributed by atoms with E-state index in [2.05, 4.69) is 101 Å². The first-order chi connectivity index (χ1) is 45.0. The summed E-state index contributed by atoms with van der Waals surface area (Å²) in [5.74, 6) is -0.168. The highest BCUT2D eigenvalue weighted by molar-refractivity contribution is 14.1. The van der Waals surface area contributed by atoms with Gasteiger partial charge in [-0.25, -0.2) is 19.6 Å². The number of aromatic nitrogens is 7. The number of nitrogens with one attached hydrogen (secondary N) is 3. The van der Waals surface area contributed by atoms with Crippen molar-refractivity contribution in [3.05, 3.63) is 122 Å². The maximum Gasteiger partial charge on any atom is 0.435 e. The normalized spacial score (nSPS) is 16.6. The van der Waals surface area contributed by atoms with E-state index >= 15 is 0 Å². The molecule has 0 spiro atoms. The fourth-order valence-electron chi connectivity index (χ4n) is 12.0. The van der Waals surface area contributed by atoms with Gasteiger partial charge in [-0.15, -0.1) is 0 Å². The summed E-state index contributed by atoms with van der Waals surface area (Å²) < 4.78 is 56.6. The third-order valence-electron chi connectivity index (χ3n) is 16.8. The second-order valence-corrected chi connectivity index (χ2v) is 28.8. The number of primary amides is 1. The Hall–Kier alpha value is -7.79. The Kier molecular flexibility index (Phi) is 23.0. The van der Waals surface area contributed by atoms with Crippen molar-refractivity contribution in [3.8, 4) is 45.4 Å². The number of phenolic OH excluding ortho intramolecular Hbond substituents is 2. The zero-order valence-corrected chi connectivity index (χ0v) is 58.1. The van der Waals surface area contributed by atoms with Crippen LogP contribution in [0.25, 0.3) is 39.3 Å². The number of halogens is 4. The van der Waals surface area contributed by atoms with Crippen molar-refractivity contribution in [2.75, 3.05) is 50.9 Å². The molecule has 8 aromatic rings. The molecule has 4 aromatic carbocycles. The standard InChI is InChI=1S/C27H33N3O4.C23H27F3N4O3.C19H25IN6OS/c1-4-28-27(33)25-24(19-10-8-18(9-11-19)16-30-12-6-5-7-13-30)26(34-29-25)21-14-20(17(2)3)22(31)15-23(21)32;1-22(2)10-17-19(18(32)11-22)20(23(24,25)26)29-30(17)13-5-8-15(21(27)33)16(9-13)28-12-3-6-14(31)7-4-12;1-19(2,3)10-22-7-8-26-17-15(16(21)23-11-24-17)25-18(26)28-14-9-12(27-4)5-6-13(14)20/h8-11,14-15,17,31-32H,4-7,12-13,16H2,1-3H3,(H,28,33);5,8-9,12,14,28,31H,3-4,6-7,10-11H2,1-2H3,(H2,27,33);5-6,9,11,22H,7-8,10H2,1-4H3,(H2,21,23,24). The van der Waals surface area contributed by atoms with E-state index < -0.39 is 29.0 Å². The molecule has 1 saturated heterocycles. The Balaban J connectivity index is 0.000000168. The van der Waals surface area contributed by atoms with E-state index in [1.165, 1.54) is 49.4 Å². The number of rotatable bonds is 18. The number of carbonyl (C=O) groups excluding carboxylic acids is 3. The van der Waals surface area contributed by atoms with E-state index in [0.29, 0.717) is 77.4 Å². The number of carbonyl (C=O) groups is 3. The molecule has 0 bridgehead atoms. The Morgan fingerprint density at radius 3 is 2.29 bits per heavy atom. The average molecular weight is 1440 g/mol. The van der Waals surface area contributed by atoms with Crippen LogP contribution in [0.3, 0.4) is 0 Å². The van der Waals surface area contributed by atoms with Crippen LogP contribution in [-0.4, -0.2) is 124 Å². The number of hydrogen-bond donors (Lipinski definition) is 8. The molecule has 10 N–H and O–H groups in total. The van der Waals surface area contributed by atoms with Crippen molar-refractivity contribution >= 4 is 74.6 Å². The van der Waals surface area contributed by atoms with Crippen LogP contribution in [0.1, 0.15) is 166 Å². The van der Waals surface area contributed by atoms with Crippen LogP contribution in [-0.2, 0) is 25.7 Å². The molecule has 2 aliphatic carbocycles. The van der Waals surface area contributed by atoms with Gasteiger partial charge in [-0.1, -0.05) is 96.1 Å². The number of aromatic hydroxyl groups is 2. The number of aliphatic hydroxyl groups excluding tert-OH is 1. The molecule has 26 heteroatoms. The van der Waals surface area contributed by atoms with Gasteiger partial charge in [0.2, 0.25) is 0 Å². The van der Waals surface area contributed by atoms with E-state index in [0.717, 1.165) is 74.5 Å². The lowest BCUT2D eigenvalue weighted by atomic mass is 9.75. The van der Waals surface area contributed by atoms with E-state index in [1.807, 2.05) is 65.0 Å². The van der Waals surface area contributed by atoms with Crippen molar-refractivity contribution in [2.24, 2.45) is 16.6 Å². The van der Waals surface area contributed by atoms with Crippen molar-refractivity contribution in [3.63, 3.8) is 0 Å². The number of piperidine rings is 1. The number of phenols is 2. The first-order valence-electron chi connectivity index (χ1n) is 32.0. The molecule has 1 aliphatic heterocycles. The molecule has 5 heterocycles. The highest BCUT2D eigenvalue weighted by Gasteiger charge is 2.46. The van der Waals surface area contributed by atoms with Crippen molar-refractivity contribution in [1.29, 1.82) is 0 Å². The minimum Gasteiger partial charge on any atom is -0.508 e. The number of fused-ring (bicyclic) bond motifs is 2. The van der Waals surface area contributed by atoms with E-state index in [-0.39, 0.29) is 76.2 Å². The minimum atomic E-state index is -4.77. The molecule has 0 radical (unpaired) electrons. The summed E-state index contributed by atoms with van der Waals surface area (Å²) in [4.78, 5) is 54.2. The van der Waals surface area contributed by atoms with Gasteiger partial charge in [0.1, 0.15) is 23.6 Å². The summed E-state index contributed by atoms with van der Waals surface area (Å²) in [7, 11) is 1.67. The number of aliphatic hydroxyl groups is 1. The highest BCUT2D eigenvalue weighted by atomic mass is 127. The summed E-state index contributed by atoms with van der Waals surface area (Å²) >= 11 is 3.90. The molecule has 2 amide bonds. The molecule has 508 valence electrons. The molecular weight excluding hydrogens is 1350 g/mol.